The van der Waals surface area contributed by atoms with Crippen molar-refractivity contribution in [3.63, 3.8) is 0 Å². The molecular formula is C19H37NO7P2. The highest BCUT2D eigenvalue weighted by molar-refractivity contribution is 7.60. The predicted molar refractivity (Wildman–Crippen MR) is 112 cm³/mol. The van der Waals surface area contributed by atoms with Crippen LogP contribution in [0, 0.1) is 22.7 Å². The Hall–Kier alpha value is -0.0400. The first-order chi connectivity index (χ1) is 13.2. The van der Waals surface area contributed by atoms with Crippen LogP contribution in [0.2, 0.25) is 0 Å². The van der Waals surface area contributed by atoms with Gasteiger partial charge in [0, 0.05) is 6.54 Å². The molecule has 0 aliphatic heterocycles. The SMILES string of the molecule is C=C1CC[C@H]2C(C)(C)CCC[C@]2(C)[C@H]1CCN(C)CCOP(=O)(O)OP(=O)(O)O. The quantitative estimate of drug-likeness (QED) is 0.349. The van der Waals surface area contributed by atoms with Crippen molar-refractivity contribution in [1.29, 1.82) is 0 Å². The van der Waals surface area contributed by atoms with Gasteiger partial charge in [0.2, 0.25) is 0 Å². The van der Waals surface area contributed by atoms with E-state index in [-0.39, 0.29) is 12.0 Å². The van der Waals surface area contributed by atoms with E-state index in [2.05, 4.69) is 36.2 Å². The Kier molecular flexibility index (Phi) is 8.02. The first-order valence-electron chi connectivity index (χ1n) is 10.3. The number of nitrogens with zero attached hydrogens (tertiary/aromatic N) is 1. The Labute approximate surface area is 174 Å². The van der Waals surface area contributed by atoms with Crippen LogP contribution in [0.4, 0.5) is 0 Å². The van der Waals surface area contributed by atoms with Gasteiger partial charge in [0.25, 0.3) is 0 Å². The summed E-state index contributed by atoms with van der Waals surface area (Å²) in [6, 6.07) is 0. The molecule has 2 fully saturated rings. The standard InChI is InChI=1S/C19H37NO7P2/c1-15-7-8-17-18(2,3)10-6-11-19(17,4)16(15)9-12-20(5)13-14-26-29(24,25)27-28(21,22)23/h16-17H,1,6-14H2,2-5H3,(H,24,25)(H2,21,22,23)/t16-,17-,19+/m0/s1. The fraction of sp³-hybridized carbons (Fsp3) is 0.895. The molecule has 29 heavy (non-hydrogen) atoms. The Morgan fingerprint density at radius 3 is 2.45 bits per heavy atom. The molecular weight excluding hydrogens is 416 g/mol. The van der Waals surface area contributed by atoms with Crippen LogP contribution in [0.15, 0.2) is 12.2 Å². The van der Waals surface area contributed by atoms with Gasteiger partial charge < -0.3 is 19.6 Å². The van der Waals surface area contributed by atoms with E-state index in [1.807, 2.05) is 11.9 Å². The van der Waals surface area contributed by atoms with Gasteiger partial charge >= 0.3 is 15.6 Å². The van der Waals surface area contributed by atoms with E-state index in [1.165, 1.54) is 31.3 Å². The third kappa shape index (κ3) is 6.72. The minimum absolute atomic E-state index is 0.164. The average molecular weight is 453 g/mol. The third-order valence-corrected chi connectivity index (χ3v) is 9.24. The fourth-order valence-corrected chi connectivity index (χ4v) is 7.32. The minimum atomic E-state index is -5.08. The topological polar surface area (TPSA) is 117 Å². The summed E-state index contributed by atoms with van der Waals surface area (Å²) in [6.45, 7) is 12.6. The van der Waals surface area contributed by atoms with E-state index in [9.17, 15) is 14.0 Å². The molecule has 0 radical (unpaired) electrons. The van der Waals surface area contributed by atoms with Crippen LogP contribution in [-0.2, 0) is 18.0 Å². The molecule has 2 rings (SSSR count). The van der Waals surface area contributed by atoms with E-state index >= 15 is 0 Å². The largest absolute Gasteiger partial charge is 0.481 e. The molecule has 0 aromatic carbocycles. The summed E-state index contributed by atoms with van der Waals surface area (Å²) in [6.07, 6.45) is 7.02. The molecule has 2 aliphatic rings. The summed E-state index contributed by atoms with van der Waals surface area (Å²) in [5, 5.41) is 0. The smallest absolute Gasteiger partial charge is 0.304 e. The normalized spacial score (nSPS) is 32.1. The van der Waals surface area contributed by atoms with Crippen LogP contribution in [-0.4, -0.2) is 46.3 Å². The first kappa shape index (κ1) is 25.2. The number of allylic oxidation sites excluding steroid dienone is 1. The highest BCUT2D eigenvalue weighted by Gasteiger charge is 2.52. The molecule has 2 saturated carbocycles. The maximum atomic E-state index is 11.5. The van der Waals surface area contributed by atoms with Gasteiger partial charge in [-0.15, -0.1) is 0 Å². The van der Waals surface area contributed by atoms with Crippen LogP contribution < -0.4 is 0 Å². The Morgan fingerprint density at radius 2 is 1.83 bits per heavy atom. The molecule has 0 heterocycles. The van der Waals surface area contributed by atoms with Gasteiger partial charge in [0.1, 0.15) is 0 Å². The molecule has 2 aliphatic carbocycles. The van der Waals surface area contributed by atoms with Crippen molar-refractivity contribution in [2.45, 2.75) is 59.3 Å². The molecule has 3 N–H and O–H groups in total. The molecule has 0 aromatic rings. The monoisotopic (exact) mass is 453 g/mol. The van der Waals surface area contributed by atoms with Gasteiger partial charge in [0.15, 0.2) is 0 Å². The van der Waals surface area contributed by atoms with Gasteiger partial charge in [-0.2, -0.15) is 4.31 Å². The molecule has 0 aromatic heterocycles. The Morgan fingerprint density at radius 1 is 1.17 bits per heavy atom. The summed E-state index contributed by atoms with van der Waals surface area (Å²) in [5.41, 5.74) is 1.94. The number of rotatable bonds is 9. The highest BCUT2D eigenvalue weighted by atomic mass is 31.3. The van der Waals surface area contributed by atoms with E-state index in [0.717, 1.165) is 19.4 Å². The van der Waals surface area contributed by atoms with Crippen molar-refractivity contribution in [2.24, 2.45) is 22.7 Å². The molecule has 1 unspecified atom stereocenters. The van der Waals surface area contributed by atoms with Gasteiger partial charge in [-0.05, 0) is 68.4 Å². The summed E-state index contributed by atoms with van der Waals surface area (Å²) in [7, 11) is -7.96. The maximum Gasteiger partial charge on any atom is 0.481 e. The second kappa shape index (κ2) is 9.22. The zero-order valence-corrected chi connectivity index (χ0v) is 19.8. The number of phosphoric acid groups is 2. The number of hydrogen-bond donors (Lipinski definition) is 3. The molecule has 0 saturated heterocycles. The van der Waals surface area contributed by atoms with Crippen molar-refractivity contribution < 1.29 is 32.6 Å². The lowest BCUT2D eigenvalue weighted by molar-refractivity contribution is -0.0555. The molecule has 170 valence electrons. The second-order valence-corrected chi connectivity index (χ2v) is 12.4. The van der Waals surface area contributed by atoms with Gasteiger partial charge in [-0.1, -0.05) is 39.3 Å². The van der Waals surface area contributed by atoms with Crippen LogP contribution >= 0.6 is 15.6 Å². The number of fused-ring (bicyclic) bond motifs is 1. The van der Waals surface area contributed by atoms with Crippen molar-refractivity contribution in [3.05, 3.63) is 12.2 Å². The zero-order chi connectivity index (χ0) is 22.1. The maximum absolute atomic E-state index is 11.5. The summed E-state index contributed by atoms with van der Waals surface area (Å²) >= 11 is 0. The number of likely N-dealkylation sites (N-methyl/N-ethyl adjacent to an activating group) is 1. The minimum Gasteiger partial charge on any atom is -0.304 e. The number of phosphoric ester groups is 1. The highest BCUT2D eigenvalue weighted by Crippen LogP contribution is 2.61. The second-order valence-electron chi connectivity index (χ2n) is 9.62. The molecule has 8 nitrogen and oxygen atoms in total. The first-order valence-corrected chi connectivity index (χ1v) is 13.3. The third-order valence-electron chi connectivity index (χ3n) is 7.06. The van der Waals surface area contributed by atoms with Crippen LogP contribution in [0.3, 0.4) is 0 Å². The van der Waals surface area contributed by atoms with Gasteiger partial charge in [0.05, 0.1) is 6.61 Å². The van der Waals surface area contributed by atoms with Crippen molar-refractivity contribution >= 4 is 15.6 Å². The lowest BCUT2D eigenvalue weighted by Crippen LogP contribution is -2.50. The van der Waals surface area contributed by atoms with Crippen LogP contribution in [0.1, 0.15) is 59.3 Å². The van der Waals surface area contributed by atoms with E-state index in [0.29, 0.717) is 23.8 Å². The predicted octanol–water partition coefficient (Wildman–Crippen LogP) is 4.33. The molecule has 0 spiro atoms. The van der Waals surface area contributed by atoms with Crippen molar-refractivity contribution in [3.8, 4) is 0 Å². The Bertz CT molecular complexity index is 692. The summed E-state index contributed by atoms with van der Waals surface area (Å²) < 4.78 is 30.6. The molecule has 4 atom stereocenters. The zero-order valence-electron chi connectivity index (χ0n) is 18.0. The lowest BCUT2D eigenvalue weighted by Gasteiger charge is -2.58. The molecule has 0 amide bonds. The number of hydrogen-bond acceptors (Lipinski definition) is 5. The van der Waals surface area contributed by atoms with Gasteiger partial charge in [-0.25, -0.2) is 9.13 Å². The van der Waals surface area contributed by atoms with Crippen molar-refractivity contribution in [2.75, 3.05) is 26.7 Å². The average Bonchev–Trinajstić information content (AvgIpc) is 2.50. The lowest BCUT2D eigenvalue weighted by atomic mass is 9.47. The van der Waals surface area contributed by atoms with Crippen molar-refractivity contribution in [1.82, 2.24) is 4.90 Å². The van der Waals surface area contributed by atoms with E-state index in [1.54, 1.807) is 0 Å². The molecule has 0 bridgehead atoms. The summed E-state index contributed by atoms with van der Waals surface area (Å²) in [4.78, 5) is 28.6. The van der Waals surface area contributed by atoms with E-state index < -0.39 is 15.6 Å². The van der Waals surface area contributed by atoms with Crippen LogP contribution in [0.5, 0.6) is 0 Å². The summed E-state index contributed by atoms with van der Waals surface area (Å²) in [5.74, 6) is 1.14. The molecule has 10 heteroatoms. The van der Waals surface area contributed by atoms with E-state index in [4.69, 9.17) is 9.79 Å². The van der Waals surface area contributed by atoms with Gasteiger partial charge in [-0.3, -0.25) is 4.52 Å². The fourth-order valence-electron chi connectivity index (χ4n) is 5.74. The van der Waals surface area contributed by atoms with Crippen LogP contribution in [0.25, 0.3) is 0 Å². The Balaban J connectivity index is 1.88.